The third-order valence-corrected chi connectivity index (χ3v) is 4.29. The number of halogens is 3. The lowest BCUT2D eigenvalue weighted by atomic mass is 10.2. The van der Waals surface area contributed by atoms with Gasteiger partial charge in [0.1, 0.15) is 0 Å². The Balaban J connectivity index is 2.04. The number of nitrogens with one attached hydrogen (secondary N) is 1. The van der Waals surface area contributed by atoms with Gasteiger partial charge in [-0.15, -0.1) is 0 Å². The van der Waals surface area contributed by atoms with E-state index in [0.717, 1.165) is 6.20 Å². The van der Waals surface area contributed by atoms with E-state index in [9.17, 15) is 9.59 Å². The van der Waals surface area contributed by atoms with Gasteiger partial charge in [0.2, 0.25) is 0 Å². The number of benzene rings is 1. The molecule has 0 radical (unpaired) electrons. The Hall–Kier alpha value is -2.33. The number of anilines is 1. The van der Waals surface area contributed by atoms with Crippen molar-refractivity contribution in [3.8, 4) is 6.07 Å². The Kier molecular flexibility index (Phi) is 6.21. The molecule has 6 nitrogen and oxygen atoms in total. The van der Waals surface area contributed by atoms with E-state index < -0.39 is 18.0 Å². The number of nitrogens with zero attached hydrogens (tertiary/aromatic N) is 2. The van der Waals surface area contributed by atoms with Crippen LogP contribution in [0.4, 0.5) is 5.69 Å². The first kappa shape index (κ1) is 19.0. The summed E-state index contributed by atoms with van der Waals surface area (Å²) in [5.74, 6) is -1.47. The fraction of sp³-hybridized carbons (Fsp3) is 0.125. The molecule has 0 saturated heterocycles. The topological polar surface area (TPSA) is 92.1 Å². The average Bonchev–Trinajstić information content (AvgIpc) is 2.60. The van der Waals surface area contributed by atoms with Crippen LogP contribution >= 0.6 is 34.8 Å². The van der Waals surface area contributed by atoms with Gasteiger partial charge in [-0.05, 0) is 31.2 Å². The number of rotatable bonds is 4. The summed E-state index contributed by atoms with van der Waals surface area (Å²) in [7, 11) is 0. The molecule has 1 heterocycles. The highest BCUT2D eigenvalue weighted by atomic mass is 35.5. The lowest BCUT2D eigenvalue weighted by Crippen LogP contribution is -2.30. The molecule has 2 rings (SSSR count). The molecular weight excluding hydrogens is 389 g/mol. The predicted molar refractivity (Wildman–Crippen MR) is 93.9 cm³/mol. The molecule has 0 saturated carbocycles. The molecule has 1 aromatic heterocycles. The van der Waals surface area contributed by atoms with Crippen LogP contribution in [0.3, 0.4) is 0 Å². The van der Waals surface area contributed by atoms with Gasteiger partial charge in [-0.2, -0.15) is 5.26 Å². The predicted octanol–water partition coefficient (Wildman–Crippen LogP) is 4.10. The first-order valence-corrected chi connectivity index (χ1v) is 7.98. The number of aromatic nitrogens is 1. The van der Waals surface area contributed by atoms with Crippen molar-refractivity contribution in [1.82, 2.24) is 4.98 Å². The lowest BCUT2D eigenvalue weighted by Gasteiger charge is -2.14. The first-order chi connectivity index (χ1) is 11.8. The molecule has 128 valence electrons. The molecule has 0 bridgehead atoms. The highest BCUT2D eigenvalue weighted by Gasteiger charge is 2.23. The first-order valence-electron chi connectivity index (χ1n) is 6.85. The minimum atomic E-state index is -1.12. The lowest BCUT2D eigenvalue weighted by molar-refractivity contribution is -0.123. The van der Waals surface area contributed by atoms with Crippen molar-refractivity contribution < 1.29 is 14.3 Å². The van der Waals surface area contributed by atoms with Crippen LogP contribution in [0.25, 0.3) is 0 Å². The number of amides is 1. The molecule has 25 heavy (non-hydrogen) atoms. The Morgan fingerprint density at radius 1 is 1.20 bits per heavy atom. The summed E-state index contributed by atoms with van der Waals surface area (Å²) in [5.41, 5.74) is 0.671. The van der Waals surface area contributed by atoms with E-state index in [4.69, 9.17) is 44.8 Å². The number of hydrogen-bond acceptors (Lipinski definition) is 5. The van der Waals surface area contributed by atoms with Crippen molar-refractivity contribution in [1.29, 1.82) is 5.26 Å². The Morgan fingerprint density at radius 3 is 2.44 bits per heavy atom. The summed E-state index contributed by atoms with van der Waals surface area (Å²) in [6.07, 6.45) is 0.0453. The zero-order valence-electron chi connectivity index (χ0n) is 12.7. The molecule has 1 amide bonds. The van der Waals surface area contributed by atoms with E-state index in [2.05, 4.69) is 10.3 Å². The minimum Gasteiger partial charge on any atom is -0.448 e. The number of nitriles is 1. The van der Waals surface area contributed by atoms with Gasteiger partial charge in [0.05, 0.1) is 26.7 Å². The second kappa shape index (κ2) is 8.17. The Labute approximate surface area is 158 Å². The molecule has 1 N–H and O–H groups in total. The molecule has 9 heteroatoms. The van der Waals surface area contributed by atoms with Crippen molar-refractivity contribution in [2.24, 2.45) is 0 Å². The zero-order valence-corrected chi connectivity index (χ0v) is 15.0. The van der Waals surface area contributed by atoms with Gasteiger partial charge in [0, 0.05) is 11.9 Å². The van der Waals surface area contributed by atoms with Gasteiger partial charge >= 0.3 is 5.97 Å². The quantitative estimate of drug-likeness (QED) is 0.783. The number of carbonyl (C=O) groups is 2. The summed E-state index contributed by atoms with van der Waals surface area (Å²) in [5, 5.41) is 11.2. The van der Waals surface area contributed by atoms with E-state index in [0.29, 0.717) is 11.3 Å². The van der Waals surface area contributed by atoms with E-state index in [-0.39, 0.29) is 20.8 Å². The van der Waals surface area contributed by atoms with Crippen LogP contribution in [0.1, 0.15) is 23.0 Å². The van der Waals surface area contributed by atoms with E-state index in [1.807, 2.05) is 6.07 Å². The SMILES string of the molecule is C[C@H](OC(=O)c1ncc(Cl)c(Cl)c1Cl)C(=O)Nc1ccc(C#N)cc1. The van der Waals surface area contributed by atoms with Crippen molar-refractivity contribution in [2.45, 2.75) is 13.0 Å². The van der Waals surface area contributed by atoms with Gasteiger partial charge in [-0.25, -0.2) is 9.78 Å². The van der Waals surface area contributed by atoms with Crippen LogP contribution in [0.2, 0.25) is 15.1 Å². The number of esters is 1. The fourth-order valence-electron chi connectivity index (χ4n) is 1.73. The summed E-state index contributed by atoms with van der Waals surface area (Å²) >= 11 is 17.5. The van der Waals surface area contributed by atoms with Crippen molar-refractivity contribution in [2.75, 3.05) is 5.32 Å². The van der Waals surface area contributed by atoms with Gasteiger partial charge in [0.25, 0.3) is 5.91 Å². The number of carbonyl (C=O) groups excluding carboxylic acids is 2. The fourth-order valence-corrected chi connectivity index (χ4v) is 2.29. The molecule has 0 aliphatic rings. The van der Waals surface area contributed by atoms with Gasteiger partial charge < -0.3 is 10.1 Å². The second-order valence-electron chi connectivity index (χ2n) is 4.81. The molecule has 0 aliphatic heterocycles. The largest absolute Gasteiger partial charge is 0.448 e. The van der Waals surface area contributed by atoms with Crippen molar-refractivity contribution in [3.63, 3.8) is 0 Å². The zero-order chi connectivity index (χ0) is 18.6. The molecule has 0 spiro atoms. The summed E-state index contributed by atoms with van der Waals surface area (Å²) < 4.78 is 5.04. The van der Waals surface area contributed by atoms with Gasteiger partial charge in [-0.3, -0.25) is 4.79 Å². The maximum absolute atomic E-state index is 12.1. The van der Waals surface area contributed by atoms with E-state index >= 15 is 0 Å². The van der Waals surface area contributed by atoms with Crippen molar-refractivity contribution in [3.05, 3.63) is 56.8 Å². The average molecular weight is 399 g/mol. The van der Waals surface area contributed by atoms with Crippen LogP contribution in [0.5, 0.6) is 0 Å². The Morgan fingerprint density at radius 2 is 1.84 bits per heavy atom. The third kappa shape index (κ3) is 4.60. The molecule has 1 aromatic carbocycles. The molecule has 0 unspecified atom stereocenters. The van der Waals surface area contributed by atoms with Gasteiger partial charge in [0.15, 0.2) is 11.8 Å². The molecular formula is C16H10Cl3N3O3. The number of ether oxygens (including phenoxy) is 1. The smallest absolute Gasteiger partial charge is 0.359 e. The minimum absolute atomic E-state index is 0.0278. The maximum atomic E-state index is 12.1. The summed E-state index contributed by atoms with van der Waals surface area (Å²) in [6.45, 7) is 1.39. The standard InChI is InChI=1S/C16H10Cl3N3O3/c1-8(15(23)22-10-4-2-9(6-20)3-5-10)25-16(24)14-13(19)12(18)11(17)7-21-14/h2-5,7-8H,1H3,(H,22,23)/t8-/m0/s1. The van der Waals surface area contributed by atoms with Crippen LogP contribution in [-0.2, 0) is 9.53 Å². The number of hydrogen-bond donors (Lipinski definition) is 1. The molecule has 2 aromatic rings. The normalized spacial score (nSPS) is 11.3. The molecule has 0 fully saturated rings. The number of pyridine rings is 1. The monoisotopic (exact) mass is 397 g/mol. The van der Waals surface area contributed by atoms with Crippen LogP contribution in [0, 0.1) is 11.3 Å². The maximum Gasteiger partial charge on any atom is 0.359 e. The molecule has 1 atom stereocenters. The third-order valence-electron chi connectivity index (χ3n) is 3.05. The van der Waals surface area contributed by atoms with Crippen LogP contribution < -0.4 is 5.32 Å². The van der Waals surface area contributed by atoms with Crippen LogP contribution in [-0.4, -0.2) is 23.0 Å². The summed E-state index contributed by atoms with van der Waals surface area (Å²) in [4.78, 5) is 27.9. The Bertz CT molecular complexity index is 863. The second-order valence-corrected chi connectivity index (χ2v) is 5.97. The highest BCUT2D eigenvalue weighted by molar-refractivity contribution is 6.48. The van der Waals surface area contributed by atoms with E-state index in [1.54, 1.807) is 24.3 Å². The van der Waals surface area contributed by atoms with Crippen LogP contribution in [0.15, 0.2) is 30.5 Å². The van der Waals surface area contributed by atoms with E-state index in [1.165, 1.54) is 6.92 Å². The highest BCUT2D eigenvalue weighted by Crippen LogP contribution is 2.31. The van der Waals surface area contributed by atoms with Crippen molar-refractivity contribution >= 4 is 52.4 Å². The van der Waals surface area contributed by atoms with Gasteiger partial charge in [-0.1, -0.05) is 34.8 Å². The summed E-state index contributed by atoms with van der Waals surface area (Å²) in [6, 6.07) is 8.18. The molecule has 0 aliphatic carbocycles.